The monoisotopic (exact) mass is 309 g/mol. The normalized spacial score (nSPS) is 11.4. The molecule has 4 nitrogen and oxygen atoms in total. The first-order valence-corrected chi connectivity index (χ1v) is 7.04. The molecule has 0 saturated carbocycles. The lowest BCUT2D eigenvalue weighted by molar-refractivity contribution is 0.104. The number of rotatable bonds is 4. The number of aromatic nitrogens is 3. The summed E-state index contributed by atoms with van der Waals surface area (Å²) in [4.78, 5) is 16.4. The van der Waals surface area contributed by atoms with Crippen molar-refractivity contribution in [2.24, 2.45) is 0 Å². The number of hydrogen-bond donors (Lipinski definition) is 0. The van der Waals surface area contributed by atoms with E-state index in [4.69, 9.17) is 11.6 Å². The fourth-order valence-electron chi connectivity index (χ4n) is 2.04. The summed E-state index contributed by atoms with van der Waals surface area (Å²) in [7, 11) is 0. The Morgan fingerprint density at radius 3 is 2.36 bits per heavy atom. The van der Waals surface area contributed by atoms with E-state index in [2.05, 4.69) is 10.1 Å². The molecule has 0 atom stereocenters. The van der Waals surface area contributed by atoms with Gasteiger partial charge in [-0.1, -0.05) is 41.9 Å². The van der Waals surface area contributed by atoms with E-state index in [-0.39, 0.29) is 5.78 Å². The van der Waals surface area contributed by atoms with E-state index in [1.807, 2.05) is 30.3 Å². The molecular weight excluding hydrogens is 298 g/mol. The van der Waals surface area contributed by atoms with E-state index in [1.54, 1.807) is 41.4 Å². The van der Waals surface area contributed by atoms with Crippen molar-refractivity contribution < 1.29 is 4.79 Å². The molecule has 0 spiro atoms. The molecule has 5 heteroatoms. The van der Waals surface area contributed by atoms with Crippen LogP contribution in [0.5, 0.6) is 0 Å². The molecule has 3 aromatic rings. The van der Waals surface area contributed by atoms with Gasteiger partial charge in [0.15, 0.2) is 5.78 Å². The van der Waals surface area contributed by atoms with Crippen LogP contribution in [0, 0.1) is 0 Å². The van der Waals surface area contributed by atoms with Gasteiger partial charge >= 0.3 is 0 Å². The third kappa shape index (κ3) is 3.13. The van der Waals surface area contributed by atoms with Crippen LogP contribution in [0.2, 0.25) is 5.02 Å². The summed E-state index contributed by atoms with van der Waals surface area (Å²) < 4.78 is 1.57. The maximum absolute atomic E-state index is 12.5. The summed E-state index contributed by atoms with van der Waals surface area (Å²) in [5.41, 5.74) is 2.12. The molecule has 2 aromatic carbocycles. The van der Waals surface area contributed by atoms with Crippen LogP contribution in [0.4, 0.5) is 0 Å². The van der Waals surface area contributed by atoms with Gasteiger partial charge in [0, 0.05) is 22.2 Å². The van der Waals surface area contributed by atoms with Gasteiger partial charge in [-0.25, -0.2) is 9.67 Å². The number of nitrogens with zero attached hydrogens (tertiary/aromatic N) is 3. The molecule has 0 saturated heterocycles. The predicted octanol–water partition coefficient (Wildman–Crippen LogP) is 3.70. The Morgan fingerprint density at radius 2 is 1.73 bits per heavy atom. The van der Waals surface area contributed by atoms with E-state index in [0.717, 1.165) is 5.56 Å². The molecule has 0 aliphatic heterocycles. The fraction of sp³-hybridized carbons (Fsp3) is 0. The summed E-state index contributed by atoms with van der Waals surface area (Å²) in [6.07, 6.45) is 4.55. The number of ketones is 1. The second kappa shape index (κ2) is 6.37. The van der Waals surface area contributed by atoms with Gasteiger partial charge < -0.3 is 0 Å². The summed E-state index contributed by atoms with van der Waals surface area (Å²) in [6.45, 7) is 0. The molecule has 22 heavy (non-hydrogen) atoms. The van der Waals surface area contributed by atoms with Crippen molar-refractivity contribution in [3.63, 3.8) is 0 Å². The molecule has 0 fully saturated rings. The van der Waals surface area contributed by atoms with Crippen molar-refractivity contribution >= 4 is 23.1 Å². The summed E-state index contributed by atoms with van der Waals surface area (Å²) >= 11 is 5.85. The third-order valence-electron chi connectivity index (χ3n) is 3.13. The third-order valence-corrected chi connectivity index (χ3v) is 3.38. The van der Waals surface area contributed by atoms with Crippen molar-refractivity contribution in [2.75, 3.05) is 0 Å². The molecule has 0 N–H and O–H groups in total. The van der Waals surface area contributed by atoms with Gasteiger partial charge in [0.05, 0.1) is 5.70 Å². The minimum Gasteiger partial charge on any atom is -0.289 e. The van der Waals surface area contributed by atoms with Crippen molar-refractivity contribution in [3.8, 4) is 0 Å². The van der Waals surface area contributed by atoms with Crippen LogP contribution in [-0.2, 0) is 0 Å². The lowest BCUT2D eigenvalue weighted by Gasteiger charge is -2.07. The standard InChI is InChI=1S/C17H12ClN3O/c18-15-8-6-14(7-9-15)17(22)10-16(21-12-19-11-20-21)13-4-2-1-3-5-13/h1-12H. The first-order chi connectivity index (χ1) is 10.7. The zero-order valence-electron chi connectivity index (χ0n) is 11.6. The summed E-state index contributed by atoms with van der Waals surface area (Å²) in [5, 5.41) is 4.72. The number of benzene rings is 2. The van der Waals surface area contributed by atoms with E-state index in [0.29, 0.717) is 16.3 Å². The zero-order valence-corrected chi connectivity index (χ0v) is 12.3. The summed E-state index contributed by atoms with van der Waals surface area (Å²) in [6, 6.07) is 16.4. The van der Waals surface area contributed by atoms with Crippen LogP contribution in [0.25, 0.3) is 5.70 Å². The second-order valence-electron chi connectivity index (χ2n) is 4.61. The molecule has 3 rings (SSSR count). The van der Waals surface area contributed by atoms with Crippen LogP contribution in [0.1, 0.15) is 15.9 Å². The maximum atomic E-state index is 12.5. The summed E-state index contributed by atoms with van der Waals surface area (Å²) in [5.74, 6) is -0.119. The molecule has 1 heterocycles. The van der Waals surface area contributed by atoms with Crippen LogP contribution >= 0.6 is 11.6 Å². The average Bonchev–Trinajstić information content (AvgIpc) is 3.08. The predicted molar refractivity (Wildman–Crippen MR) is 85.6 cm³/mol. The molecule has 0 radical (unpaired) electrons. The molecule has 108 valence electrons. The van der Waals surface area contributed by atoms with Gasteiger partial charge in [0.1, 0.15) is 12.7 Å². The zero-order chi connectivity index (χ0) is 15.4. The molecule has 1 aromatic heterocycles. The van der Waals surface area contributed by atoms with Crippen LogP contribution in [-0.4, -0.2) is 20.5 Å². The molecular formula is C17H12ClN3O. The van der Waals surface area contributed by atoms with Crippen molar-refractivity contribution in [2.45, 2.75) is 0 Å². The highest BCUT2D eigenvalue weighted by Crippen LogP contribution is 2.17. The minimum atomic E-state index is -0.119. The minimum absolute atomic E-state index is 0.119. The molecule has 0 bridgehead atoms. The number of halogens is 1. The lowest BCUT2D eigenvalue weighted by atomic mass is 10.1. The molecule has 0 aliphatic rings. The highest BCUT2D eigenvalue weighted by molar-refractivity contribution is 6.30. The van der Waals surface area contributed by atoms with E-state index in [1.165, 1.54) is 6.33 Å². The largest absolute Gasteiger partial charge is 0.289 e. The first kappa shape index (κ1) is 14.2. The first-order valence-electron chi connectivity index (χ1n) is 6.66. The average molecular weight is 310 g/mol. The van der Waals surface area contributed by atoms with Crippen molar-refractivity contribution in [3.05, 3.63) is 89.5 Å². The van der Waals surface area contributed by atoms with E-state index in [9.17, 15) is 4.79 Å². The molecule has 0 unspecified atom stereocenters. The topological polar surface area (TPSA) is 47.8 Å². The lowest BCUT2D eigenvalue weighted by Crippen LogP contribution is -2.04. The second-order valence-corrected chi connectivity index (χ2v) is 5.04. The highest BCUT2D eigenvalue weighted by Gasteiger charge is 2.09. The Bertz CT molecular complexity index is 794. The van der Waals surface area contributed by atoms with Crippen LogP contribution in [0.3, 0.4) is 0 Å². The van der Waals surface area contributed by atoms with Gasteiger partial charge in [0.25, 0.3) is 0 Å². The van der Waals surface area contributed by atoms with Gasteiger partial charge in [0.2, 0.25) is 0 Å². The van der Waals surface area contributed by atoms with Gasteiger partial charge in [-0.2, -0.15) is 5.10 Å². The Balaban J connectivity index is 2.02. The van der Waals surface area contributed by atoms with Crippen LogP contribution < -0.4 is 0 Å². The van der Waals surface area contributed by atoms with Gasteiger partial charge in [-0.3, -0.25) is 4.79 Å². The molecule has 0 amide bonds. The highest BCUT2D eigenvalue weighted by atomic mass is 35.5. The Morgan fingerprint density at radius 1 is 1.00 bits per heavy atom. The number of allylic oxidation sites excluding steroid dienone is 1. The van der Waals surface area contributed by atoms with Crippen LogP contribution in [0.15, 0.2) is 73.3 Å². The van der Waals surface area contributed by atoms with Gasteiger partial charge in [-0.05, 0) is 24.3 Å². The smallest absolute Gasteiger partial charge is 0.188 e. The number of hydrogen-bond acceptors (Lipinski definition) is 3. The molecule has 0 aliphatic carbocycles. The SMILES string of the molecule is O=C(C=C(c1ccccc1)n1cncn1)c1ccc(Cl)cc1. The number of carbonyl (C=O) groups is 1. The number of carbonyl (C=O) groups excluding carboxylic acids is 1. The Labute approximate surface area is 132 Å². The maximum Gasteiger partial charge on any atom is 0.188 e. The Hall–Kier alpha value is -2.72. The fourth-order valence-corrected chi connectivity index (χ4v) is 2.17. The quantitative estimate of drug-likeness (QED) is 0.545. The van der Waals surface area contributed by atoms with Crippen molar-refractivity contribution in [1.82, 2.24) is 14.8 Å². The Kier molecular flexibility index (Phi) is 4.12. The van der Waals surface area contributed by atoms with Gasteiger partial charge in [-0.15, -0.1) is 0 Å². The van der Waals surface area contributed by atoms with E-state index >= 15 is 0 Å². The van der Waals surface area contributed by atoms with Crippen molar-refractivity contribution in [1.29, 1.82) is 0 Å². The van der Waals surface area contributed by atoms with E-state index < -0.39 is 0 Å².